The van der Waals surface area contributed by atoms with E-state index < -0.39 is 76.5 Å². The van der Waals surface area contributed by atoms with Gasteiger partial charge in [0.05, 0.1) is 0 Å². The molecule has 24 heteroatoms. The number of hydrogen-bond acceptors (Lipinski definition) is 0. The van der Waals surface area contributed by atoms with Crippen LogP contribution in [0.25, 0.3) is 0 Å². The average molecular weight is 612 g/mol. The molecule has 0 N–H and O–H groups in total. The molecule has 0 aromatic heterocycles. The average Bonchev–Trinajstić information content (AvgIpc) is 2.66. The summed E-state index contributed by atoms with van der Waals surface area (Å²) in [5, 5.41) is 0. The molecule has 2 rings (SSSR count). The Morgan fingerprint density at radius 1 is 0.270 bits per heavy atom. The molecule has 0 aromatic carbocycles. The molecule has 0 nitrogen and oxygen atoms in total. The van der Waals surface area contributed by atoms with Gasteiger partial charge >= 0.3 is 59.5 Å². The van der Waals surface area contributed by atoms with Gasteiger partial charge in [0.25, 0.3) is 17.0 Å². The standard InChI is InChI=1S/C13F24/c14-1-2(15,9(26,27)11(30,31)10(28,29)8(1,24)25)6(20,21)7(22,23)3(16,5(1,18)19)4(17,12(32,33)34)13(35,36)37. The number of alkyl halides is 24. The zero-order valence-electron chi connectivity index (χ0n) is 15.6. The van der Waals surface area contributed by atoms with Gasteiger partial charge in [-0.25, -0.2) is 17.6 Å². The van der Waals surface area contributed by atoms with E-state index in [0.29, 0.717) is 0 Å². The van der Waals surface area contributed by atoms with Crippen molar-refractivity contribution in [3.63, 3.8) is 0 Å². The van der Waals surface area contributed by atoms with Crippen molar-refractivity contribution in [1.29, 1.82) is 0 Å². The first-order valence-electron chi connectivity index (χ1n) is 8.04. The zero-order valence-corrected chi connectivity index (χ0v) is 15.6. The third-order valence-electron chi connectivity index (χ3n) is 5.90. The minimum atomic E-state index is -9.82. The molecule has 0 spiro atoms. The summed E-state index contributed by atoms with van der Waals surface area (Å²) >= 11 is 0. The molecular weight excluding hydrogens is 612 g/mol. The van der Waals surface area contributed by atoms with Crippen molar-refractivity contribution >= 4 is 0 Å². The lowest BCUT2D eigenvalue weighted by Crippen LogP contribution is -3.01. The van der Waals surface area contributed by atoms with Gasteiger partial charge in [0.2, 0.25) is 0 Å². The summed E-state index contributed by atoms with van der Waals surface area (Å²) in [6.07, 6.45) is -17.8. The second kappa shape index (κ2) is 6.54. The van der Waals surface area contributed by atoms with E-state index in [1.807, 2.05) is 0 Å². The largest absolute Gasteiger partial charge is 0.435 e. The van der Waals surface area contributed by atoms with Crippen LogP contribution in [0.2, 0.25) is 0 Å². The van der Waals surface area contributed by atoms with Crippen LogP contribution >= 0.6 is 0 Å². The fraction of sp³-hybridized carbons (Fsp3) is 1.00. The van der Waals surface area contributed by atoms with Crippen LogP contribution in [-0.2, 0) is 0 Å². The van der Waals surface area contributed by atoms with E-state index >= 15 is 0 Å². The first-order valence-corrected chi connectivity index (χ1v) is 8.04. The molecule has 220 valence electrons. The summed E-state index contributed by atoms with van der Waals surface area (Å²) in [5.74, 6) is -64.5. The second-order valence-corrected chi connectivity index (χ2v) is 7.65. The predicted octanol–water partition coefficient (Wildman–Crippen LogP) is 7.42. The SMILES string of the molecule is FC(F)(F)C(F)(C(F)(F)F)C1(F)C(F)(F)C(F)(F)C2(F)C(F)(F)C(F)(F)C(F)(F)C(F)(F)C2(F)C1(F)F. The van der Waals surface area contributed by atoms with Gasteiger partial charge < -0.3 is 0 Å². The quantitative estimate of drug-likeness (QED) is 0.271. The zero-order chi connectivity index (χ0) is 30.5. The van der Waals surface area contributed by atoms with Crippen LogP contribution in [0, 0.1) is 0 Å². The molecule has 3 atom stereocenters. The summed E-state index contributed by atoms with van der Waals surface area (Å²) in [5.41, 5.74) is -38.3. The molecule has 0 bridgehead atoms. The number of halogens is 24. The fourth-order valence-electron chi connectivity index (χ4n) is 3.94. The highest BCUT2D eigenvalue weighted by Crippen LogP contribution is 2.83. The summed E-state index contributed by atoms with van der Waals surface area (Å²) in [6, 6.07) is 0. The molecule has 0 amide bonds. The van der Waals surface area contributed by atoms with Crippen LogP contribution in [0.15, 0.2) is 0 Å². The summed E-state index contributed by atoms with van der Waals surface area (Å²) in [4.78, 5) is 0. The minimum absolute atomic E-state index is 8.69. The fourth-order valence-corrected chi connectivity index (χ4v) is 3.94. The van der Waals surface area contributed by atoms with E-state index in [-0.39, 0.29) is 0 Å². The summed E-state index contributed by atoms with van der Waals surface area (Å²) in [7, 11) is 0. The lowest BCUT2D eigenvalue weighted by atomic mass is 9.49. The van der Waals surface area contributed by atoms with E-state index in [1.165, 1.54) is 0 Å². The van der Waals surface area contributed by atoms with Gasteiger partial charge in [-0.3, -0.25) is 0 Å². The van der Waals surface area contributed by atoms with Gasteiger partial charge in [-0.2, -0.15) is 87.8 Å². The van der Waals surface area contributed by atoms with Gasteiger partial charge in [-0.1, -0.05) is 0 Å². The van der Waals surface area contributed by atoms with Gasteiger partial charge in [0.1, 0.15) is 0 Å². The third-order valence-corrected chi connectivity index (χ3v) is 5.90. The highest BCUT2D eigenvalue weighted by Gasteiger charge is 3.17. The van der Waals surface area contributed by atoms with Crippen molar-refractivity contribution in [2.75, 3.05) is 0 Å². The van der Waals surface area contributed by atoms with E-state index in [1.54, 1.807) is 0 Å². The van der Waals surface area contributed by atoms with Crippen molar-refractivity contribution in [1.82, 2.24) is 0 Å². The normalized spacial score (nSPS) is 39.6. The van der Waals surface area contributed by atoms with E-state index in [2.05, 4.69) is 0 Å². The molecule has 2 saturated carbocycles. The van der Waals surface area contributed by atoms with Crippen LogP contribution < -0.4 is 0 Å². The summed E-state index contributed by atoms with van der Waals surface area (Å²) < 4.78 is 329. The monoisotopic (exact) mass is 612 g/mol. The maximum atomic E-state index is 14.8. The summed E-state index contributed by atoms with van der Waals surface area (Å²) in [6.45, 7) is 0. The maximum absolute atomic E-state index is 14.8. The molecule has 0 radical (unpaired) electrons. The van der Waals surface area contributed by atoms with Crippen LogP contribution in [0.5, 0.6) is 0 Å². The first kappa shape index (κ1) is 31.5. The van der Waals surface area contributed by atoms with Gasteiger partial charge in [-0.15, -0.1) is 0 Å². The van der Waals surface area contributed by atoms with Crippen molar-refractivity contribution < 1.29 is 105 Å². The van der Waals surface area contributed by atoms with Gasteiger partial charge in [0, 0.05) is 0 Å². The molecule has 2 aliphatic rings. The molecule has 2 aliphatic carbocycles. The molecule has 0 saturated heterocycles. The van der Waals surface area contributed by atoms with E-state index in [4.69, 9.17) is 0 Å². The Labute approximate surface area is 183 Å². The Hall–Kier alpha value is -1.68. The Kier molecular flexibility index (Phi) is 5.58. The highest BCUT2D eigenvalue weighted by atomic mass is 19.4. The number of fused-ring (bicyclic) bond motifs is 1. The van der Waals surface area contributed by atoms with Crippen molar-refractivity contribution in [2.45, 2.75) is 76.5 Å². The van der Waals surface area contributed by atoms with Crippen molar-refractivity contribution in [2.24, 2.45) is 0 Å². The first-order chi connectivity index (χ1) is 15.5. The molecule has 37 heavy (non-hydrogen) atoms. The molecule has 0 aliphatic heterocycles. The highest BCUT2D eigenvalue weighted by molar-refractivity contribution is 5.46. The van der Waals surface area contributed by atoms with Crippen LogP contribution in [-0.4, -0.2) is 76.5 Å². The Balaban J connectivity index is 3.43. The molecule has 0 heterocycles. The smallest absolute Gasteiger partial charge is 0.226 e. The third kappa shape index (κ3) is 2.32. The van der Waals surface area contributed by atoms with Crippen LogP contribution in [0.4, 0.5) is 105 Å². The Bertz CT molecular complexity index is 952. The molecular formula is C13F24. The Morgan fingerprint density at radius 3 is 0.730 bits per heavy atom. The number of hydrogen-bond donors (Lipinski definition) is 0. The Morgan fingerprint density at radius 2 is 0.486 bits per heavy atom. The lowest BCUT2D eigenvalue weighted by molar-refractivity contribution is -0.567. The van der Waals surface area contributed by atoms with Gasteiger partial charge in [0.15, 0.2) is 0 Å². The topological polar surface area (TPSA) is 0 Å². The van der Waals surface area contributed by atoms with E-state index in [0.717, 1.165) is 0 Å². The lowest BCUT2D eigenvalue weighted by Gasteiger charge is -2.65. The minimum Gasteiger partial charge on any atom is -0.226 e. The number of rotatable bonds is 1. The van der Waals surface area contributed by atoms with Crippen LogP contribution in [0.1, 0.15) is 0 Å². The molecule has 2 fully saturated rings. The maximum Gasteiger partial charge on any atom is 0.435 e. The predicted molar refractivity (Wildman–Crippen MR) is 62.1 cm³/mol. The van der Waals surface area contributed by atoms with Crippen LogP contribution in [0.3, 0.4) is 0 Å². The second-order valence-electron chi connectivity index (χ2n) is 7.65. The van der Waals surface area contributed by atoms with Crippen molar-refractivity contribution in [3.8, 4) is 0 Å². The van der Waals surface area contributed by atoms with Crippen molar-refractivity contribution in [3.05, 3.63) is 0 Å². The molecule has 0 aromatic rings. The molecule has 3 unspecified atom stereocenters. The van der Waals surface area contributed by atoms with Gasteiger partial charge in [-0.05, 0) is 0 Å². The van der Waals surface area contributed by atoms with E-state index in [9.17, 15) is 105 Å².